The summed E-state index contributed by atoms with van der Waals surface area (Å²) in [5.74, 6) is -0.681. The number of amides is 1. The van der Waals surface area contributed by atoms with Crippen LogP contribution in [0.5, 0.6) is 0 Å². The van der Waals surface area contributed by atoms with Crippen molar-refractivity contribution >= 4 is 23.6 Å². The van der Waals surface area contributed by atoms with Crippen molar-refractivity contribution in [2.24, 2.45) is 5.10 Å². The lowest BCUT2D eigenvalue weighted by atomic mass is 10.2. The molecular weight excluding hydrogens is 408 g/mol. The summed E-state index contributed by atoms with van der Waals surface area (Å²) >= 11 is 0. The minimum atomic E-state index is -0.642. The Bertz CT molecular complexity index is 1130. The number of rotatable bonds is 7. The van der Waals surface area contributed by atoms with E-state index >= 15 is 0 Å². The second-order valence-corrected chi connectivity index (χ2v) is 6.77. The number of nitrogens with one attached hydrogen (secondary N) is 1. The van der Waals surface area contributed by atoms with Crippen molar-refractivity contribution in [3.05, 3.63) is 51.3 Å². The van der Waals surface area contributed by atoms with Crippen molar-refractivity contribution in [1.29, 1.82) is 0 Å². The average molecular weight is 426 g/mol. The highest BCUT2D eigenvalue weighted by molar-refractivity contribution is 5.95. The van der Waals surface area contributed by atoms with E-state index in [1.807, 2.05) is 0 Å². The molecule has 1 fully saturated rings. The number of hydrogen-bond acceptors (Lipinski definition) is 11. The molecule has 0 aliphatic carbocycles. The van der Waals surface area contributed by atoms with Gasteiger partial charge in [-0.2, -0.15) is 9.78 Å². The smallest absolute Gasteiger partial charge is 0.292 e. The van der Waals surface area contributed by atoms with Crippen LogP contribution in [0.2, 0.25) is 0 Å². The molecule has 31 heavy (non-hydrogen) atoms. The van der Waals surface area contributed by atoms with Gasteiger partial charge in [-0.3, -0.25) is 19.8 Å². The Hall–Kier alpha value is -4.20. The first-order chi connectivity index (χ1) is 15.0. The van der Waals surface area contributed by atoms with E-state index in [1.165, 1.54) is 18.3 Å². The molecule has 1 aliphatic rings. The van der Waals surface area contributed by atoms with Crippen LogP contribution >= 0.6 is 0 Å². The van der Waals surface area contributed by atoms with Crippen LogP contribution in [0.4, 0.5) is 11.5 Å². The van der Waals surface area contributed by atoms with Gasteiger partial charge >= 0.3 is 0 Å². The predicted molar refractivity (Wildman–Crippen MR) is 106 cm³/mol. The molecule has 160 valence electrons. The standard InChI is InChI=1S/C17H18N10O4/c18-15-16(23-31-22-15)26-14(12(20-24-26)10-25-7-3-4-8-25)17(28)21-19-9-11-5-1-2-6-13(11)27(29)30/h1-2,5-6,9H,3-4,7-8,10H2,(H2,18,22)(H,21,28)/b19-9+. The number of nitrogens with zero attached hydrogens (tertiary/aromatic N) is 8. The van der Waals surface area contributed by atoms with Crippen LogP contribution in [0.1, 0.15) is 34.6 Å². The number of benzene rings is 1. The number of para-hydroxylation sites is 1. The molecule has 3 heterocycles. The highest BCUT2D eigenvalue weighted by Gasteiger charge is 2.27. The topological polar surface area (TPSA) is 183 Å². The van der Waals surface area contributed by atoms with Gasteiger partial charge in [0.15, 0.2) is 5.69 Å². The molecule has 14 heteroatoms. The minimum Gasteiger partial charge on any atom is -0.378 e. The lowest BCUT2D eigenvalue weighted by molar-refractivity contribution is -0.385. The number of nitro benzene ring substituents is 1. The fourth-order valence-corrected chi connectivity index (χ4v) is 3.26. The number of anilines is 1. The zero-order valence-electron chi connectivity index (χ0n) is 16.2. The quantitative estimate of drug-likeness (QED) is 0.306. The minimum absolute atomic E-state index is 0.0213. The maximum Gasteiger partial charge on any atom is 0.292 e. The average Bonchev–Trinajstić information content (AvgIpc) is 3.50. The van der Waals surface area contributed by atoms with E-state index in [0.717, 1.165) is 30.6 Å². The molecule has 1 aliphatic heterocycles. The van der Waals surface area contributed by atoms with E-state index in [0.29, 0.717) is 12.2 Å². The fourth-order valence-electron chi connectivity index (χ4n) is 3.26. The molecule has 2 aromatic heterocycles. The molecule has 1 saturated heterocycles. The maximum absolute atomic E-state index is 12.9. The van der Waals surface area contributed by atoms with Crippen molar-refractivity contribution in [2.75, 3.05) is 18.8 Å². The van der Waals surface area contributed by atoms with E-state index in [-0.39, 0.29) is 28.6 Å². The SMILES string of the molecule is Nc1nonc1-n1nnc(CN2CCCC2)c1C(=O)N/N=C/c1ccccc1[N+](=O)[O-]. The maximum atomic E-state index is 12.9. The first-order valence-electron chi connectivity index (χ1n) is 9.36. The molecule has 0 bridgehead atoms. The summed E-state index contributed by atoms with van der Waals surface area (Å²) in [4.78, 5) is 25.7. The van der Waals surface area contributed by atoms with Crippen LogP contribution in [0.3, 0.4) is 0 Å². The molecule has 1 amide bonds. The van der Waals surface area contributed by atoms with Crippen LogP contribution < -0.4 is 11.2 Å². The van der Waals surface area contributed by atoms with Gasteiger partial charge in [0.1, 0.15) is 5.69 Å². The molecule has 1 aromatic carbocycles. The summed E-state index contributed by atoms with van der Waals surface area (Å²) in [6.07, 6.45) is 3.32. The Morgan fingerprint density at radius 1 is 1.32 bits per heavy atom. The van der Waals surface area contributed by atoms with Gasteiger partial charge in [0.05, 0.1) is 16.7 Å². The Kier molecular flexibility index (Phi) is 5.61. The molecule has 0 unspecified atom stereocenters. The molecular formula is C17H18N10O4. The summed E-state index contributed by atoms with van der Waals surface area (Å²) in [7, 11) is 0. The third-order valence-electron chi connectivity index (χ3n) is 4.73. The highest BCUT2D eigenvalue weighted by Crippen LogP contribution is 2.19. The second-order valence-electron chi connectivity index (χ2n) is 6.77. The number of nitrogen functional groups attached to an aromatic ring is 1. The van der Waals surface area contributed by atoms with Crippen molar-refractivity contribution in [3.8, 4) is 5.82 Å². The first kappa shape index (κ1) is 20.1. The largest absolute Gasteiger partial charge is 0.378 e. The highest BCUT2D eigenvalue weighted by atomic mass is 16.6. The van der Waals surface area contributed by atoms with Gasteiger partial charge in [-0.1, -0.05) is 17.3 Å². The van der Waals surface area contributed by atoms with Gasteiger partial charge in [-0.15, -0.1) is 5.10 Å². The summed E-state index contributed by atoms with van der Waals surface area (Å²) < 4.78 is 5.73. The number of aromatic nitrogens is 5. The van der Waals surface area contributed by atoms with Crippen LogP contribution in [0.15, 0.2) is 34.0 Å². The zero-order chi connectivity index (χ0) is 21.8. The van der Waals surface area contributed by atoms with Gasteiger partial charge in [-0.05, 0) is 42.3 Å². The van der Waals surface area contributed by atoms with Gasteiger partial charge in [0.25, 0.3) is 11.6 Å². The van der Waals surface area contributed by atoms with E-state index < -0.39 is 10.8 Å². The molecule has 14 nitrogen and oxygen atoms in total. The van der Waals surface area contributed by atoms with Crippen molar-refractivity contribution < 1.29 is 14.3 Å². The van der Waals surface area contributed by atoms with E-state index in [4.69, 9.17) is 5.73 Å². The fraction of sp³-hybridized carbons (Fsp3) is 0.294. The first-order valence-corrected chi connectivity index (χ1v) is 9.36. The van der Waals surface area contributed by atoms with E-state index in [9.17, 15) is 14.9 Å². The molecule has 4 rings (SSSR count). The van der Waals surface area contributed by atoms with Gasteiger partial charge < -0.3 is 5.73 Å². The van der Waals surface area contributed by atoms with Crippen LogP contribution in [0.25, 0.3) is 5.82 Å². The molecule has 0 saturated carbocycles. The number of nitrogens with two attached hydrogens (primary N) is 1. The van der Waals surface area contributed by atoms with Crippen molar-refractivity contribution in [2.45, 2.75) is 19.4 Å². The molecule has 0 spiro atoms. The van der Waals surface area contributed by atoms with Gasteiger partial charge in [0.2, 0.25) is 11.6 Å². The number of carbonyl (C=O) groups excluding carboxylic acids is 1. The van der Waals surface area contributed by atoms with E-state index in [2.05, 4.69) is 40.7 Å². The van der Waals surface area contributed by atoms with Crippen LogP contribution in [-0.4, -0.2) is 60.3 Å². The summed E-state index contributed by atoms with van der Waals surface area (Å²) in [5.41, 5.74) is 8.67. The van der Waals surface area contributed by atoms with Gasteiger partial charge in [0, 0.05) is 12.6 Å². The van der Waals surface area contributed by atoms with Crippen LogP contribution in [-0.2, 0) is 6.54 Å². The predicted octanol–water partition coefficient (Wildman–Crippen LogP) is 0.500. The Labute approximate surface area is 174 Å². The lowest BCUT2D eigenvalue weighted by Gasteiger charge is -2.13. The summed E-state index contributed by atoms with van der Waals surface area (Å²) in [6, 6.07) is 6.03. The third kappa shape index (κ3) is 4.23. The molecule has 0 radical (unpaired) electrons. The zero-order valence-corrected chi connectivity index (χ0v) is 16.2. The monoisotopic (exact) mass is 426 g/mol. The third-order valence-corrected chi connectivity index (χ3v) is 4.73. The molecule has 3 N–H and O–H groups in total. The van der Waals surface area contributed by atoms with Crippen LogP contribution in [0, 0.1) is 10.1 Å². The summed E-state index contributed by atoms with van der Waals surface area (Å²) in [6.45, 7) is 2.18. The van der Waals surface area contributed by atoms with Gasteiger partial charge in [-0.25, -0.2) is 10.1 Å². The lowest BCUT2D eigenvalue weighted by Crippen LogP contribution is -2.26. The van der Waals surface area contributed by atoms with Crippen molar-refractivity contribution in [1.82, 2.24) is 35.6 Å². The Morgan fingerprint density at radius 3 is 2.81 bits per heavy atom. The van der Waals surface area contributed by atoms with Crippen molar-refractivity contribution in [3.63, 3.8) is 0 Å². The number of nitro groups is 1. The number of carbonyl (C=O) groups is 1. The molecule has 0 atom stereocenters. The van der Waals surface area contributed by atoms with E-state index in [1.54, 1.807) is 12.1 Å². The number of hydrogen-bond donors (Lipinski definition) is 2. The Balaban J connectivity index is 1.61. The molecule has 3 aromatic rings. The number of likely N-dealkylation sites (tertiary alicyclic amines) is 1. The Morgan fingerprint density at radius 2 is 2.10 bits per heavy atom. The number of hydrazone groups is 1. The second kappa shape index (κ2) is 8.66. The normalized spacial score (nSPS) is 14.3. The summed E-state index contributed by atoms with van der Waals surface area (Å²) in [5, 5.41) is 30.2.